The van der Waals surface area contributed by atoms with Gasteiger partial charge in [0.25, 0.3) is 0 Å². The van der Waals surface area contributed by atoms with E-state index in [-0.39, 0.29) is 11.5 Å². The molecule has 3 heteroatoms. The molecule has 1 atom stereocenters. The molecule has 1 unspecified atom stereocenters. The van der Waals surface area contributed by atoms with Gasteiger partial charge in [-0.05, 0) is 51.6 Å². The number of nitrogens with zero attached hydrogens (tertiary/aromatic N) is 1. The van der Waals surface area contributed by atoms with E-state index in [1.54, 1.807) is 0 Å². The standard InChI is InChI=1S/C16H27NO2/c18-15(14-7-6-12-19-13-14)16(8-2-3-9-16)17-10-4-1-5-11-17/h14H,1-13H2. The smallest absolute Gasteiger partial charge is 0.158 e. The molecule has 0 bridgehead atoms. The lowest BCUT2D eigenvalue weighted by atomic mass is 9.79. The third-order valence-corrected chi connectivity index (χ3v) is 5.38. The third-order valence-electron chi connectivity index (χ3n) is 5.38. The van der Waals surface area contributed by atoms with Gasteiger partial charge in [0.15, 0.2) is 5.78 Å². The highest BCUT2D eigenvalue weighted by atomic mass is 16.5. The van der Waals surface area contributed by atoms with Gasteiger partial charge >= 0.3 is 0 Å². The Kier molecular flexibility index (Phi) is 4.23. The number of carbonyl (C=O) groups is 1. The lowest BCUT2D eigenvalue weighted by molar-refractivity contribution is -0.140. The summed E-state index contributed by atoms with van der Waals surface area (Å²) >= 11 is 0. The van der Waals surface area contributed by atoms with Crippen molar-refractivity contribution >= 4 is 5.78 Å². The first kappa shape index (κ1) is 13.6. The number of carbonyl (C=O) groups excluding carboxylic acids is 1. The van der Waals surface area contributed by atoms with E-state index in [1.807, 2.05) is 0 Å². The molecule has 2 saturated heterocycles. The van der Waals surface area contributed by atoms with Gasteiger partial charge in [0, 0.05) is 12.5 Å². The van der Waals surface area contributed by atoms with Crippen LogP contribution in [0.3, 0.4) is 0 Å². The highest BCUT2D eigenvalue weighted by molar-refractivity contribution is 5.91. The molecule has 1 saturated carbocycles. The Morgan fingerprint density at radius 3 is 2.37 bits per heavy atom. The molecule has 19 heavy (non-hydrogen) atoms. The summed E-state index contributed by atoms with van der Waals surface area (Å²) in [6.07, 6.45) is 10.7. The molecular weight excluding hydrogens is 238 g/mol. The van der Waals surface area contributed by atoms with Crippen LogP contribution in [0.5, 0.6) is 0 Å². The average Bonchev–Trinajstić information content (AvgIpc) is 2.99. The summed E-state index contributed by atoms with van der Waals surface area (Å²) in [4.78, 5) is 15.6. The van der Waals surface area contributed by atoms with Crippen molar-refractivity contribution in [3.63, 3.8) is 0 Å². The van der Waals surface area contributed by atoms with Gasteiger partial charge in [-0.15, -0.1) is 0 Å². The fourth-order valence-electron chi connectivity index (χ4n) is 4.33. The SMILES string of the molecule is O=C(C1CCCOC1)C1(N2CCCCC2)CCCC1. The number of piperidine rings is 1. The molecule has 2 aliphatic heterocycles. The molecule has 108 valence electrons. The van der Waals surface area contributed by atoms with Gasteiger partial charge in [0.1, 0.15) is 0 Å². The van der Waals surface area contributed by atoms with Crippen LogP contribution in [0.25, 0.3) is 0 Å². The normalized spacial score (nSPS) is 32.3. The second-order valence-corrected chi connectivity index (χ2v) is 6.56. The second kappa shape index (κ2) is 5.92. The lowest BCUT2D eigenvalue weighted by Gasteiger charge is -2.44. The van der Waals surface area contributed by atoms with E-state index in [0.717, 1.165) is 45.4 Å². The third kappa shape index (κ3) is 2.59. The van der Waals surface area contributed by atoms with Crippen molar-refractivity contribution in [3.8, 4) is 0 Å². The molecule has 0 amide bonds. The maximum Gasteiger partial charge on any atom is 0.158 e. The molecule has 2 heterocycles. The van der Waals surface area contributed by atoms with E-state index in [4.69, 9.17) is 4.74 Å². The molecule has 0 radical (unpaired) electrons. The van der Waals surface area contributed by atoms with Crippen LogP contribution in [0.1, 0.15) is 57.8 Å². The first-order valence-electron chi connectivity index (χ1n) is 8.20. The molecule has 0 N–H and O–H groups in total. The van der Waals surface area contributed by atoms with Crippen LogP contribution in [0.2, 0.25) is 0 Å². The monoisotopic (exact) mass is 265 g/mol. The minimum atomic E-state index is -0.105. The van der Waals surface area contributed by atoms with Crippen LogP contribution in [0.15, 0.2) is 0 Å². The molecule has 0 aromatic carbocycles. The summed E-state index contributed by atoms with van der Waals surface area (Å²) in [5.74, 6) is 0.695. The Labute approximate surface area is 116 Å². The molecule has 0 aromatic rings. The second-order valence-electron chi connectivity index (χ2n) is 6.56. The summed E-state index contributed by atoms with van der Waals surface area (Å²) in [5.41, 5.74) is -0.105. The zero-order valence-electron chi connectivity index (χ0n) is 12.0. The van der Waals surface area contributed by atoms with Crippen LogP contribution in [-0.4, -0.2) is 42.5 Å². The molecule has 0 spiro atoms. The van der Waals surface area contributed by atoms with Crippen molar-refractivity contribution in [3.05, 3.63) is 0 Å². The predicted molar refractivity (Wildman–Crippen MR) is 75.2 cm³/mol. The van der Waals surface area contributed by atoms with Crippen LogP contribution >= 0.6 is 0 Å². The largest absolute Gasteiger partial charge is 0.381 e. The summed E-state index contributed by atoms with van der Waals surface area (Å²) in [7, 11) is 0. The fraction of sp³-hybridized carbons (Fsp3) is 0.938. The molecule has 3 rings (SSSR count). The Hall–Kier alpha value is -0.410. The number of ketones is 1. The Balaban J connectivity index is 1.76. The average molecular weight is 265 g/mol. The fourth-order valence-corrected chi connectivity index (χ4v) is 4.33. The minimum absolute atomic E-state index is 0.105. The van der Waals surface area contributed by atoms with E-state index in [9.17, 15) is 4.79 Å². The molecule has 0 aromatic heterocycles. The van der Waals surface area contributed by atoms with Crippen LogP contribution < -0.4 is 0 Å². The first-order chi connectivity index (χ1) is 9.33. The molecular formula is C16H27NO2. The van der Waals surface area contributed by atoms with Gasteiger partial charge in [-0.1, -0.05) is 19.3 Å². The number of hydrogen-bond acceptors (Lipinski definition) is 3. The van der Waals surface area contributed by atoms with Gasteiger partial charge in [0.05, 0.1) is 12.1 Å². The highest BCUT2D eigenvalue weighted by Gasteiger charge is 2.48. The minimum Gasteiger partial charge on any atom is -0.381 e. The number of rotatable bonds is 3. The zero-order chi connectivity index (χ0) is 13.1. The molecule has 1 aliphatic carbocycles. The van der Waals surface area contributed by atoms with E-state index < -0.39 is 0 Å². The topological polar surface area (TPSA) is 29.5 Å². The summed E-state index contributed by atoms with van der Waals surface area (Å²) < 4.78 is 5.56. The summed E-state index contributed by atoms with van der Waals surface area (Å²) in [6.45, 7) is 3.80. The quantitative estimate of drug-likeness (QED) is 0.786. The van der Waals surface area contributed by atoms with Crippen molar-refractivity contribution in [1.82, 2.24) is 4.90 Å². The molecule has 3 aliphatic rings. The summed E-state index contributed by atoms with van der Waals surface area (Å²) in [6, 6.07) is 0. The van der Waals surface area contributed by atoms with Crippen molar-refractivity contribution in [2.75, 3.05) is 26.3 Å². The maximum atomic E-state index is 13.1. The Morgan fingerprint density at radius 1 is 1.00 bits per heavy atom. The van der Waals surface area contributed by atoms with Gasteiger partial charge in [-0.25, -0.2) is 0 Å². The molecule has 3 fully saturated rings. The predicted octanol–water partition coefficient (Wildman–Crippen LogP) is 2.78. The number of hydrogen-bond donors (Lipinski definition) is 0. The van der Waals surface area contributed by atoms with Gasteiger partial charge in [0.2, 0.25) is 0 Å². The maximum absolute atomic E-state index is 13.1. The van der Waals surface area contributed by atoms with Gasteiger partial charge in [-0.2, -0.15) is 0 Å². The first-order valence-corrected chi connectivity index (χ1v) is 8.20. The van der Waals surface area contributed by atoms with E-state index in [2.05, 4.69) is 4.90 Å². The van der Waals surface area contributed by atoms with E-state index in [0.29, 0.717) is 12.4 Å². The van der Waals surface area contributed by atoms with Crippen molar-refractivity contribution in [2.24, 2.45) is 5.92 Å². The van der Waals surface area contributed by atoms with Crippen LogP contribution in [0, 0.1) is 5.92 Å². The molecule has 3 nitrogen and oxygen atoms in total. The Bertz CT molecular complexity index is 311. The van der Waals surface area contributed by atoms with Crippen molar-refractivity contribution in [2.45, 2.75) is 63.3 Å². The Morgan fingerprint density at radius 2 is 1.74 bits per heavy atom. The number of Topliss-reactive ketones (excluding diaryl/α,β-unsaturated/α-hetero) is 1. The number of ether oxygens (including phenoxy) is 1. The summed E-state index contributed by atoms with van der Waals surface area (Å²) in [5, 5.41) is 0. The van der Waals surface area contributed by atoms with Crippen molar-refractivity contribution < 1.29 is 9.53 Å². The van der Waals surface area contributed by atoms with Gasteiger partial charge in [-0.3, -0.25) is 9.69 Å². The van der Waals surface area contributed by atoms with Crippen LogP contribution in [-0.2, 0) is 9.53 Å². The lowest BCUT2D eigenvalue weighted by Crippen LogP contribution is -2.57. The van der Waals surface area contributed by atoms with Crippen molar-refractivity contribution in [1.29, 1.82) is 0 Å². The van der Waals surface area contributed by atoms with E-state index in [1.165, 1.54) is 32.1 Å². The van der Waals surface area contributed by atoms with Crippen LogP contribution in [0.4, 0.5) is 0 Å². The zero-order valence-corrected chi connectivity index (χ0v) is 12.0. The van der Waals surface area contributed by atoms with Gasteiger partial charge < -0.3 is 4.74 Å². The highest BCUT2D eigenvalue weighted by Crippen LogP contribution is 2.40. The van der Waals surface area contributed by atoms with E-state index >= 15 is 0 Å². The number of likely N-dealkylation sites (tertiary alicyclic amines) is 1.